The fourth-order valence-electron chi connectivity index (χ4n) is 4.95. The van der Waals surface area contributed by atoms with Gasteiger partial charge in [0.1, 0.15) is 0 Å². The zero-order valence-corrected chi connectivity index (χ0v) is 25.3. The van der Waals surface area contributed by atoms with Crippen molar-refractivity contribution < 1.29 is 16.9 Å². The highest BCUT2D eigenvalue weighted by Gasteiger charge is 2.33. The van der Waals surface area contributed by atoms with Crippen LogP contribution in [0.5, 0.6) is 0 Å². The number of hydrogen-bond acceptors (Lipinski definition) is 0. The van der Waals surface area contributed by atoms with Gasteiger partial charge in [-0.2, -0.15) is 0 Å². The number of unbranched alkanes of at least 4 members (excludes halogenated alkanes) is 14. The third kappa shape index (κ3) is 15.7. The van der Waals surface area contributed by atoms with Crippen LogP contribution in [0.25, 0.3) is 0 Å². The normalized spacial score (nSPS) is 12.2. The molecule has 1 aromatic rings. The van der Waals surface area contributed by atoms with E-state index in [4.69, 9.17) is 6.42 Å². The molecule has 1 rings (SSSR count). The molecule has 0 aromatic heterocycles. The summed E-state index contributed by atoms with van der Waals surface area (Å²) < 4.78 is 1.39. The number of benzene rings is 1. The summed E-state index contributed by atoms with van der Waals surface area (Å²) in [4.78, 5) is 0. The van der Waals surface area contributed by atoms with Crippen LogP contribution in [0.3, 0.4) is 0 Å². The predicted octanol–water partition coefficient (Wildman–Crippen LogP) is 6.73. The lowest BCUT2D eigenvalue weighted by Gasteiger charge is -2.41. The summed E-state index contributed by atoms with van der Waals surface area (Å²) >= 11 is 2.57. The Hall–Kier alpha value is -0.240. The second-order valence-corrected chi connectivity index (χ2v) is 11.3. The van der Waals surface area contributed by atoms with Crippen LogP contribution in [-0.2, 0) is 6.42 Å². The molecule has 0 aliphatic rings. The number of rotatable bonds is 22. The van der Waals surface area contributed by atoms with Gasteiger partial charge in [-0.15, -0.1) is 6.42 Å². The number of alkyl halides is 1. The van der Waals surface area contributed by atoms with Crippen molar-refractivity contribution in [3.63, 3.8) is 0 Å². The minimum Gasteiger partial charge on any atom is -1.00 e. The summed E-state index contributed by atoms with van der Waals surface area (Å²) in [6.45, 7) is 8.26. The highest BCUT2D eigenvalue weighted by Crippen LogP contribution is 2.25. The lowest BCUT2D eigenvalue weighted by Crippen LogP contribution is -3.00. The fourth-order valence-corrected chi connectivity index (χ4v) is 5.79. The maximum Gasteiger partial charge on any atom is 0.200 e. The molecule has 0 bridgehead atoms. The van der Waals surface area contributed by atoms with Gasteiger partial charge in [-0.3, -0.25) is 0 Å². The lowest BCUT2D eigenvalue weighted by atomic mass is 10.0. The summed E-state index contributed by atoms with van der Waals surface area (Å²) in [7, 11) is 0. The van der Waals surface area contributed by atoms with Gasteiger partial charge in [0.25, 0.3) is 0 Å². The van der Waals surface area contributed by atoms with E-state index >= 15 is 0 Å². The van der Waals surface area contributed by atoms with Crippen molar-refractivity contribution in [3.05, 3.63) is 35.9 Å². The second kappa shape index (κ2) is 23.2. The Kier molecular flexibility index (Phi) is 23.0. The molecule has 0 saturated carbocycles. The van der Waals surface area contributed by atoms with Gasteiger partial charge in [0.05, 0.1) is 19.6 Å². The number of nitrogens with zero attached hydrogens (tertiary/aromatic N) is 1. The van der Waals surface area contributed by atoms with Gasteiger partial charge in [-0.05, 0) is 37.2 Å². The van der Waals surface area contributed by atoms with E-state index in [0.29, 0.717) is 0 Å². The van der Waals surface area contributed by atoms with Crippen molar-refractivity contribution in [3.8, 4) is 12.3 Å². The summed E-state index contributed by atoms with van der Waals surface area (Å²) in [5.74, 6) is 3.15. The maximum atomic E-state index is 6.05. The van der Waals surface area contributed by atoms with Gasteiger partial charge < -0.3 is 16.9 Å². The minimum absolute atomic E-state index is 0. The van der Waals surface area contributed by atoms with E-state index in [9.17, 15) is 0 Å². The number of halogens is 2. The summed E-state index contributed by atoms with van der Waals surface area (Å²) in [6, 6.07) is 11.0. The number of terminal acetylenes is 1. The molecule has 0 N–H and O–H groups in total. The van der Waals surface area contributed by atoms with Crippen LogP contribution in [0.2, 0.25) is 0 Å². The van der Waals surface area contributed by atoms with Crippen LogP contribution in [0.15, 0.2) is 30.3 Å². The van der Waals surface area contributed by atoms with Gasteiger partial charge in [0.2, 0.25) is 4.05 Å². The van der Waals surface area contributed by atoms with E-state index in [-0.39, 0.29) is 16.5 Å². The van der Waals surface area contributed by atoms with Crippen molar-refractivity contribution in [1.29, 1.82) is 0 Å². The monoisotopic (exact) mass is 601 g/mol. The largest absolute Gasteiger partial charge is 1.00 e. The lowest BCUT2D eigenvalue weighted by molar-refractivity contribution is -0.927. The third-order valence-electron chi connectivity index (χ3n) is 7.22. The third-order valence-corrected chi connectivity index (χ3v) is 8.76. The number of quaternary nitrogens is 1. The molecule has 0 aliphatic carbocycles. The van der Waals surface area contributed by atoms with Gasteiger partial charge in [-0.25, -0.2) is 0 Å². The SMILES string of the molecule is C#CC(I)[N+](CCCCCCCCCC)(CCCCCCCCCC)CCc1ccccc1.[Cl-]. The molecule has 0 saturated heterocycles. The first-order valence-corrected chi connectivity index (χ1v) is 15.4. The van der Waals surface area contributed by atoms with Gasteiger partial charge in [-0.1, -0.05) is 121 Å². The molecular weight excluding hydrogens is 549 g/mol. The van der Waals surface area contributed by atoms with Crippen molar-refractivity contribution in [1.82, 2.24) is 0 Å². The van der Waals surface area contributed by atoms with Crippen molar-refractivity contribution in [2.45, 2.75) is 127 Å². The smallest absolute Gasteiger partial charge is 0.200 e. The molecule has 1 aromatic carbocycles. The summed E-state index contributed by atoms with van der Waals surface area (Å²) in [6.07, 6.45) is 29.3. The first-order valence-electron chi connectivity index (χ1n) is 14.2. The quantitative estimate of drug-likeness (QED) is 0.0345. The average molecular weight is 602 g/mol. The highest BCUT2D eigenvalue weighted by molar-refractivity contribution is 14.1. The minimum atomic E-state index is 0. The molecule has 3 heteroatoms. The topological polar surface area (TPSA) is 0 Å². The molecule has 0 radical (unpaired) electrons. The Morgan fingerprint density at radius 1 is 0.676 bits per heavy atom. The van der Waals surface area contributed by atoms with Gasteiger partial charge in [0, 0.05) is 29.0 Å². The second-order valence-electron chi connectivity index (χ2n) is 10.1. The molecule has 0 fully saturated rings. The molecule has 196 valence electrons. The molecule has 34 heavy (non-hydrogen) atoms. The van der Waals surface area contributed by atoms with Crippen molar-refractivity contribution >= 4 is 22.6 Å². The highest BCUT2D eigenvalue weighted by atomic mass is 127. The van der Waals surface area contributed by atoms with Crippen LogP contribution in [-0.4, -0.2) is 28.2 Å². The molecule has 1 nitrogen and oxygen atoms in total. The predicted molar refractivity (Wildman–Crippen MR) is 157 cm³/mol. The Morgan fingerprint density at radius 3 is 1.50 bits per heavy atom. The first-order chi connectivity index (χ1) is 16.2. The molecule has 0 aliphatic heterocycles. The molecule has 1 atom stereocenters. The van der Waals surface area contributed by atoms with Crippen molar-refractivity contribution in [2.75, 3.05) is 19.6 Å². The molecule has 1 unspecified atom stereocenters. The van der Waals surface area contributed by atoms with Crippen LogP contribution < -0.4 is 12.4 Å². The van der Waals surface area contributed by atoms with E-state index in [1.54, 1.807) is 0 Å². The Bertz CT molecular complexity index is 577. The number of hydrogen-bond donors (Lipinski definition) is 0. The standard InChI is InChI=1S/C31H53IN.ClH/c1-4-7-9-11-13-15-17-22-27-33(31(32)6-3,29-26-30-24-20-19-21-25-30)28-23-18-16-14-12-10-8-5-2;/h3,19-21,24-25,31H,4-5,7-18,22-23,26-29H2,1-2H3;1H/q+1;/p-1. The van der Waals surface area contributed by atoms with Crippen LogP contribution in [0, 0.1) is 12.3 Å². The zero-order valence-electron chi connectivity index (χ0n) is 22.4. The fraction of sp³-hybridized carbons (Fsp3) is 0.742. The van der Waals surface area contributed by atoms with E-state index in [2.05, 4.69) is 72.7 Å². The van der Waals surface area contributed by atoms with E-state index in [1.807, 2.05) is 0 Å². The molecule has 0 heterocycles. The average Bonchev–Trinajstić information content (AvgIpc) is 2.85. The molecule has 0 spiro atoms. The van der Waals surface area contributed by atoms with E-state index in [0.717, 1.165) is 10.9 Å². The van der Waals surface area contributed by atoms with Gasteiger partial charge >= 0.3 is 0 Å². The van der Waals surface area contributed by atoms with Crippen LogP contribution >= 0.6 is 22.6 Å². The van der Waals surface area contributed by atoms with Gasteiger partial charge in [0.15, 0.2) is 0 Å². The van der Waals surface area contributed by atoms with Crippen LogP contribution in [0.4, 0.5) is 0 Å². The Morgan fingerprint density at radius 2 is 1.09 bits per heavy atom. The maximum absolute atomic E-state index is 6.05. The van der Waals surface area contributed by atoms with E-state index in [1.165, 1.54) is 128 Å². The zero-order chi connectivity index (χ0) is 24.0. The molecule has 0 amide bonds. The van der Waals surface area contributed by atoms with E-state index < -0.39 is 0 Å². The Labute approximate surface area is 233 Å². The summed E-state index contributed by atoms with van der Waals surface area (Å²) in [5, 5.41) is 0. The molecular formula is C31H53ClIN. The van der Waals surface area contributed by atoms with Crippen LogP contribution in [0.1, 0.15) is 122 Å². The Balaban J connectivity index is 0.0000109. The first kappa shape index (κ1) is 33.8. The summed E-state index contributed by atoms with van der Waals surface area (Å²) in [5.41, 5.74) is 1.45. The van der Waals surface area contributed by atoms with Crippen molar-refractivity contribution in [2.24, 2.45) is 0 Å².